The summed E-state index contributed by atoms with van der Waals surface area (Å²) in [6, 6.07) is 9.46. The molecule has 2 nitrogen and oxygen atoms in total. The number of hydrogen-bond donors (Lipinski definition) is 0. The Hall–Kier alpha value is -0.272. The Morgan fingerprint density at radius 3 is 2.42 bits per heavy atom. The first-order chi connectivity index (χ1) is 5.55. The summed E-state index contributed by atoms with van der Waals surface area (Å²) in [5, 5.41) is 0. The molecule has 0 amide bonds. The van der Waals surface area contributed by atoms with E-state index in [9.17, 15) is 8.42 Å². The topological polar surface area (TPSA) is 34.1 Å². The minimum absolute atomic E-state index is 0.343. The molecule has 0 atom stereocenters. The summed E-state index contributed by atoms with van der Waals surface area (Å²) in [4.78, 5) is 0.343. The second-order valence-corrected chi connectivity index (χ2v) is 14.1. The van der Waals surface area contributed by atoms with Gasteiger partial charge in [0.15, 0.2) is 0 Å². The van der Waals surface area contributed by atoms with E-state index in [-0.39, 0.29) is 0 Å². The van der Waals surface area contributed by atoms with Gasteiger partial charge in [-0.3, -0.25) is 0 Å². The van der Waals surface area contributed by atoms with Crippen molar-refractivity contribution in [1.29, 1.82) is 0 Å². The van der Waals surface area contributed by atoms with Gasteiger partial charge in [0.05, 0.1) is 0 Å². The molecule has 0 aliphatic carbocycles. The van der Waals surface area contributed by atoms with Crippen molar-refractivity contribution in [2.45, 2.75) is 16.3 Å². The Bertz CT molecular complexity index is 343. The van der Waals surface area contributed by atoms with Crippen LogP contribution in [-0.2, 0) is 8.10 Å². The SMILES string of the molecule is C[As](C)S(=O)(=O)c1[c]cccc1. The fourth-order valence-corrected chi connectivity index (χ4v) is 4.79. The van der Waals surface area contributed by atoms with Gasteiger partial charge in [-0.05, 0) is 0 Å². The molecule has 12 heavy (non-hydrogen) atoms. The van der Waals surface area contributed by atoms with E-state index in [2.05, 4.69) is 6.07 Å². The van der Waals surface area contributed by atoms with Gasteiger partial charge in [-0.15, -0.1) is 0 Å². The van der Waals surface area contributed by atoms with Gasteiger partial charge in [-0.1, -0.05) is 0 Å². The van der Waals surface area contributed by atoms with Crippen LogP contribution in [0, 0.1) is 6.07 Å². The van der Waals surface area contributed by atoms with Crippen molar-refractivity contribution in [3.63, 3.8) is 0 Å². The molecule has 0 aliphatic rings. The van der Waals surface area contributed by atoms with E-state index in [1.54, 1.807) is 24.3 Å². The Kier molecular flexibility index (Phi) is 2.97. The van der Waals surface area contributed by atoms with Gasteiger partial charge in [0, 0.05) is 0 Å². The summed E-state index contributed by atoms with van der Waals surface area (Å²) < 4.78 is 23.1. The summed E-state index contributed by atoms with van der Waals surface area (Å²) >= 11 is -1.73. The van der Waals surface area contributed by atoms with E-state index >= 15 is 0 Å². The Balaban J connectivity index is 3.17. The monoisotopic (exact) mass is 245 g/mol. The first kappa shape index (κ1) is 9.81. The fourth-order valence-electron chi connectivity index (χ4n) is 0.734. The molecule has 0 spiro atoms. The Morgan fingerprint density at radius 1 is 1.33 bits per heavy atom. The second-order valence-electron chi connectivity index (χ2n) is 2.51. The average molecular weight is 245 g/mol. The predicted molar refractivity (Wildman–Crippen MR) is 49.9 cm³/mol. The molecular formula is C8H10AsO2S. The average Bonchev–Trinajstić information content (AvgIpc) is 2.06. The van der Waals surface area contributed by atoms with E-state index < -0.39 is 21.6 Å². The van der Waals surface area contributed by atoms with E-state index in [1.165, 1.54) is 0 Å². The van der Waals surface area contributed by atoms with Gasteiger partial charge >= 0.3 is 76.7 Å². The number of hydrogen-bond acceptors (Lipinski definition) is 2. The van der Waals surface area contributed by atoms with E-state index in [0.29, 0.717) is 4.90 Å². The van der Waals surface area contributed by atoms with Gasteiger partial charge < -0.3 is 0 Å². The second kappa shape index (κ2) is 3.63. The van der Waals surface area contributed by atoms with E-state index in [1.807, 2.05) is 11.4 Å². The van der Waals surface area contributed by atoms with Gasteiger partial charge in [0.2, 0.25) is 0 Å². The summed E-state index contributed by atoms with van der Waals surface area (Å²) in [5.74, 6) is 0. The predicted octanol–water partition coefficient (Wildman–Crippen LogP) is 1.51. The molecule has 65 valence electrons. The summed E-state index contributed by atoms with van der Waals surface area (Å²) in [7, 11) is -2.99. The first-order valence-corrected chi connectivity index (χ1v) is 10.9. The molecule has 1 radical (unpaired) electrons. The van der Waals surface area contributed by atoms with Crippen LogP contribution in [0.4, 0.5) is 0 Å². The zero-order valence-corrected chi connectivity index (χ0v) is 9.67. The van der Waals surface area contributed by atoms with Crippen LogP contribution >= 0.6 is 0 Å². The summed E-state index contributed by atoms with van der Waals surface area (Å²) in [5.41, 5.74) is 3.62. The molecule has 4 heteroatoms. The number of rotatable bonds is 2. The molecule has 0 heterocycles. The van der Waals surface area contributed by atoms with Crippen LogP contribution in [0.15, 0.2) is 29.2 Å². The molecule has 1 aromatic carbocycles. The van der Waals surface area contributed by atoms with Gasteiger partial charge in [-0.25, -0.2) is 0 Å². The van der Waals surface area contributed by atoms with Gasteiger partial charge in [0.1, 0.15) is 0 Å². The standard InChI is InChI=1S/C8H10AsO2S/c1-9(2)12(10,11)8-6-4-3-5-7-8/h3-6H,1-2H3. The third kappa shape index (κ3) is 1.90. The van der Waals surface area contributed by atoms with Crippen LogP contribution in [0.2, 0.25) is 11.4 Å². The van der Waals surface area contributed by atoms with Crippen molar-refractivity contribution in [3.8, 4) is 0 Å². The van der Waals surface area contributed by atoms with Crippen molar-refractivity contribution in [1.82, 2.24) is 0 Å². The minimum atomic E-state index is -2.99. The normalized spacial score (nSPS) is 11.9. The Labute approximate surface area is 76.8 Å². The maximum absolute atomic E-state index is 11.6. The molecule has 0 saturated carbocycles. The number of benzene rings is 1. The van der Waals surface area contributed by atoms with Gasteiger partial charge in [0.25, 0.3) is 0 Å². The zero-order chi connectivity index (χ0) is 9.19. The summed E-state index contributed by atoms with van der Waals surface area (Å²) in [6.45, 7) is 0. The van der Waals surface area contributed by atoms with E-state index in [0.717, 1.165) is 0 Å². The van der Waals surface area contributed by atoms with Crippen LogP contribution in [0.3, 0.4) is 0 Å². The maximum atomic E-state index is 11.6. The third-order valence-corrected chi connectivity index (χ3v) is 10.5. The van der Waals surface area contributed by atoms with Gasteiger partial charge in [-0.2, -0.15) is 0 Å². The molecule has 0 saturated heterocycles. The molecule has 1 aromatic rings. The van der Waals surface area contributed by atoms with Crippen LogP contribution in [0.1, 0.15) is 0 Å². The first-order valence-electron chi connectivity index (χ1n) is 3.44. The quantitative estimate of drug-likeness (QED) is 0.740. The van der Waals surface area contributed by atoms with Crippen molar-refractivity contribution >= 4 is 21.6 Å². The third-order valence-electron chi connectivity index (χ3n) is 1.44. The van der Waals surface area contributed by atoms with Crippen LogP contribution in [-0.4, -0.2) is 21.9 Å². The molecule has 0 aromatic heterocycles. The molecule has 0 aliphatic heterocycles. The molecule has 0 bridgehead atoms. The molecular weight excluding hydrogens is 235 g/mol. The zero-order valence-electron chi connectivity index (χ0n) is 6.98. The van der Waals surface area contributed by atoms with Crippen molar-refractivity contribution in [2.24, 2.45) is 0 Å². The van der Waals surface area contributed by atoms with Crippen molar-refractivity contribution in [3.05, 3.63) is 30.3 Å². The van der Waals surface area contributed by atoms with Crippen LogP contribution < -0.4 is 0 Å². The molecule has 1 rings (SSSR count). The van der Waals surface area contributed by atoms with Crippen molar-refractivity contribution < 1.29 is 8.42 Å². The molecule has 0 fully saturated rings. The summed E-state index contributed by atoms with van der Waals surface area (Å²) in [6.07, 6.45) is 0. The molecule has 0 unspecified atom stereocenters. The van der Waals surface area contributed by atoms with Crippen LogP contribution in [0.5, 0.6) is 0 Å². The van der Waals surface area contributed by atoms with Crippen LogP contribution in [0.25, 0.3) is 0 Å². The fraction of sp³-hybridized carbons (Fsp3) is 0.250. The van der Waals surface area contributed by atoms with E-state index in [4.69, 9.17) is 0 Å². The van der Waals surface area contributed by atoms with Crippen molar-refractivity contribution in [2.75, 3.05) is 0 Å². The molecule has 0 N–H and O–H groups in total. The Morgan fingerprint density at radius 2 is 2.00 bits per heavy atom.